The lowest BCUT2D eigenvalue weighted by atomic mass is 9.99. The molecule has 2 aromatic rings. The molecule has 92 valence electrons. The van der Waals surface area contributed by atoms with Gasteiger partial charge in [-0.3, -0.25) is 9.78 Å². The van der Waals surface area contributed by atoms with Crippen molar-refractivity contribution < 1.29 is 4.79 Å². The van der Waals surface area contributed by atoms with Crippen molar-refractivity contribution in [1.29, 1.82) is 0 Å². The number of pyridine rings is 1. The first-order chi connectivity index (χ1) is 8.53. The first kappa shape index (κ1) is 11.9. The van der Waals surface area contributed by atoms with Gasteiger partial charge in [0.1, 0.15) is 0 Å². The van der Waals surface area contributed by atoms with E-state index in [-0.39, 0.29) is 5.91 Å². The summed E-state index contributed by atoms with van der Waals surface area (Å²) in [6.45, 7) is 0. The Morgan fingerprint density at radius 3 is 2.72 bits per heavy atom. The highest BCUT2D eigenvalue weighted by atomic mass is 79.9. The van der Waals surface area contributed by atoms with Gasteiger partial charge < -0.3 is 5.73 Å². The quantitative estimate of drug-likeness (QED) is 0.922. The number of fused-ring (bicyclic) bond motifs is 1. The van der Waals surface area contributed by atoms with E-state index in [0.717, 1.165) is 33.8 Å². The molecule has 0 bridgehead atoms. The normalized spacial score (nSPS) is 16.8. The van der Waals surface area contributed by atoms with Crippen molar-refractivity contribution in [2.75, 3.05) is 0 Å². The lowest BCUT2D eigenvalue weighted by Crippen LogP contribution is -2.29. The van der Waals surface area contributed by atoms with E-state index < -0.39 is 5.41 Å². The Bertz CT molecular complexity index is 667. The average molecular weight is 326 g/mol. The van der Waals surface area contributed by atoms with Crippen molar-refractivity contribution in [3.05, 3.63) is 39.6 Å². The summed E-state index contributed by atoms with van der Waals surface area (Å²) in [6, 6.07) is 5.69. The number of rotatable bonds is 2. The Hall–Kier alpha value is -1.13. The predicted molar refractivity (Wildman–Crippen MR) is 74.6 cm³/mol. The number of carbonyl (C=O) groups excluding carboxylic acids is 1. The third-order valence-corrected chi connectivity index (χ3v) is 4.23. The van der Waals surface area contributed by atoms with E-state index in [4.69, 9.17) is 17.3 Å². The molecule has 3 rings (SSSR count). The van der Waals surface area contributed by atoms with Crippen molar-refractivity contribution in [3.8, 4) is 0 Å². The van der Waals surface area contributed by atoms with Crippen LogP contribution in [0.3, 0.4) is 0 Å². The van der Waals surface area contributed by atoms with Crippen LogP contribution in [0.25, 0.3) is 10.8 Å². The van der Waals surface area contributed by atoms with Gasteiger partial charge in [-0.25, -0.2) is 0 Å². The summed E-state index contributed by atoms with van der Waals surface area (Å²) >= 11 is 9.55. The molecule has 1 aromatic carbocycles. The van der Waals surface area contributed by atoms with Crippen LogP contribution in [0.5, 0.6) is 0 Å². The molecule has 1 fully saturated rings. The molecule has 1 saturated carbocycles. The maximum absolute atomic E-state index is 11.5. The van der Waals surface area contributed by atoms with Crippen LogP contribution in [-0.4, -0.2) is 10.9 Å². The van der Waals surface area contributed by atoms with Crippen LogP contribution >= 0.6 is 27.5 Å². The fourth-order valence-corrected chi connectivity index (χ4v) is 3.08. The molecule has 2 N–H and O–H groups in total. The van der Waals surface area contributed by atoms with Gasteiger partial charge in [-0.2, -0.15) is 0 Å². The number of hydrogen-bond acceptors (Lipinski definition) is 2. The predicted octanol–water partition coefficient (Wildman–Crippen LogP) is 3.17. The average Bonchev–Trinajstić information content (AvgIpc) is 3.08. The van der Waals surface area contributed by atoms with Crippen LogP contribution in [0.1, 0.15) is 18.5 Å². The first-order valence-corrected chi connectivity index (χ1v) is 6.75. The zero-order valence-electron chi connectivity index (χ0n) is 9.41. The molecule has 0 saturated heterocycles. The zero-order valence-corrected chi connectivity index (χ0v) is 11.8. The summed E-state index contributed by atoms with van der Waals surface area (Å²) < 4.78 is 0.904. The molecule has 1 heterocycles. The van der Waals surface area contributed by atoms with Gasteiger partial charge in [-0.05, 0) is 36.4 Å². The summed E-state index contributed by atoms with van der Waals surface area (Å²) in [4.78, 5) is 15.9. The monoisotopic (exact) mass is 324 g/mol. The molecule has 0 spiro atoms. The summed E-state index contributed by atoms with van der Waals surface area (Å²) in [6.07, 6.45) is 3.27. The fraction of sp³-hybridized carbons (Fsp3) is 0.231. The highest BCUT2D eigenvalue weighted by Gasteiger charge is 2.51. The van der Waals surface area contributed by atoms with E-state index in [0.29, 0.717) is 5.02 Å². The first-order valence-electron chi connectivity index (χ1n) is 5.58. The molecule has 1 aliphatic rings. The van der Waals surface area contributed by atoms with Crippen molar-refractivity contribution in [1.82, 2.24) is 4.98 Å². The van der Waals surface area contributed by atoms with Gasteiger partial charge in [0, 0.05) is 16.1 Å². The SMILES string of the molecule is NC(=O)C1(c2cc3cc(Br)cc(Cl)c3cn2)CC1. The smallest absolute Gasteiger partial charge is 0.229 e. The Morgan fingerprint density at radius 1 is 1.39 bits per heavy atom. The van der Waals surface area contributed by atoms with Crippen LogP contribution in [-0.2, 0) is 10.2 Å². The van der Waals surface area contributed by atoms with Crippen molar-refractivity contribution in [2.45, 2.75) is 18.3 Å². The maximum Gasteiger partial charge on any atom is 0.229 e. The zero-order chi connectivity index (χ0) is 12.9. The van der Waals surface area contributed by atoms with E-state index in [1.807, 2.05) is 18.2 Å². The highest BCUT2D eigenvalue weighted by Crippen LogP contribution is 2.47. The van der Waals surface area contributed by atoms with Crippen LogP contribution in [0.4, 0.5) is 0 Å². The Kier molecular flexibility index (Phi) is 2.61. The molecule has 0 aliphatic heterocycles. The van der Waals surface area contributed by atoms with Gasteiger partial charge in [0.15, 0.2) is 0 Å². The summed E-state index contributed by atoms with van der Waals surface area (Å²) in [5.41, 5.74) is 5.65. The van der Waals surface area contributed by atoms with Gasteiger partial charge in [0.05, 0.1) is 16.1 Å². The minimum absolute atomic E-state index is 0.296. The second-order valence-electron chi connectivity index (χ2n) is 4.62. The van der Waals surface area contributed by atoms with Gasteiger partial charge in [-0.1, -0.05) is 27.5 Å². The van der Waals surface area contributed by atoms with Gasteiger partial charge in [0.25, 0.3) is 0 Å². The Labute approximate surface area is 117 Å². The number of benzene rings is 1. The van der Waals surface area contributed by atoms with Gasteiger partial charge in [-0.15, -0.1) is 0 Å². The molecule has 1 amide bonds. The lowest BCUT2D eigenvalue weighted by Gasteiger charge is -2.11. The minimum Gasteiger partial charge on any atom is -0.369 e. The molecule has 0 atom stereocenters. The molecule has 5 heteroatoms. The van der Waals surface area contributed by atoms with Crippen molar-refractivity contribution in [2.24, 2.45) is 5.73 Å². The summed E-state index contributed by atoms with van der Waals surface area (Å²) in [5, 5.41) is 2.48. The summed E-state index contributed by atoms with van der Waals surface area (Å²) in [7, 11) is 0. The van der Waals surface area contributed by atoms with Gasteiger partial charge >= 0.3 is 0 Å². The molecule has 0 unspecified atom stereocenters. The number of carbonyl (C=O) groups is 1. The number of halogens is 2. The second kappa shape index (κ2) is 3.93. The molecule has 18 heavy (non-hydrogen) atoms. The van der Waals surface area contributed by atoms with E-state index in [2.05, 4.69) is 20.9 Å². The van der Waals surface area contributed by atoms with Crippen molar-refractivity contribution in [3.63, 3.8) is 0 Å². The largest absolute Gasteiger partial charge is 0.369 e. The number of hydrogen-bond donors (Lipinski definition) is 1. The Balaban J connectivity index is 2.20. The highest BCUT2D eigenvalue weighted by molar-refractivity contribution is 9.10. The lowest BCUT2D eigenvalue weighted by molar-refractivity contribution is -0.120. The van der Waals surface area contributed by atoms with Crippen LogP contribution in [0, 0.1) is 0 Å². The van der Waals surface area contributed by atoms with Crippen LogP contribution in [0.2, 0.25) is 5.02 Å². The minimum atomic E-state index is -0.553. The Morgan fingerprint density at radius 2 is 2.11 bits per heavy atom. The van der Waals surface area contributed by atoms with Crippen LogP contribution < -0.4 is 5.73 Å². The van der Waals surface area contributed by atoms with E-state index in [1.165, 1.54) is 0 Å². The topological polar surface area (TPSA) is 56.0 Å². The molecule has 1 aromatic heterocycles. The third-order valence-electron chi connectivity index (χ3n) is 3.46. The van der Waals surface area contributed by atoms with Gasteiger partial charge in [0.2, 0.25) is 5.91 Å². The number of primary amides is 1. The standard InChI is InChI=1S/C13H10BrClN2O/c14-8-3-7-4-11(13(1-2-13)12(16)18)17-6-9(7)10(15)5-8/h3-6H,1-2H2,(H2,16,18). The van der Waals surface area contributed by atoms with Crippen LogP contribution in [0.15, 0.2) is 28.9 Å². The fourth-order valence-electron chi connectivity index (χ4n) is 2.19. The number of aromatic nitrogens is 1. The number of nitrogens with two attached hydrogens (primary N) is 1. The van der Waals surface area contributed by atoms with E-state index >= 15 is 0 Å². The molecular weight excluding hydrogens is 316 g/mol. The van der Waals surface area contributed by atoms with Crippen molar-refractivity contribution >= 4 is 44.2 Å². The van der Waals surface area contributed by atoms with E-state index in [1.54, 1.807) is 6.20 Å². The molecule has 3 nitrogen and oxygen atoms in total. The van der Waals surface area contributed by atoms with E-state index in [9.17, 15) is 4.79 Å². The molecule has 0 radical (unpaired) electrons. The summed E-state index contributed by atoms with van der Waals surface area (Å²) in [5.74, 6) is -0.296. The number of nitrogens with zero attached hydrogens (tertiary/aromatic N) is 1. The third kappa shape index (κ3) is 1.71. The molecule has 1 aliphatic carbocycles. The number of amides is 1. The molecular formula is C13H10BrClN2O. The maximum atomic E-state index is 11.5. The second-order valence-corrected chi connectivity index (χ2v) is 5.95.